The van der Waals surface area contributed by atoms with Gasteiger partial charge < -0.3 is 4.74 Å². The normalized spacial score (nSPS) is 26.0. The molecule has 0 radical (unpaired) electrons. The van der Waals surface area contributed by atoms with E-state index in [4.69, 9.17) is 4.74 Å². The molecule has 0 aliphatic carbocycles. The van der Waals surface area contributed by atoms with Gasteiger partial charge >= 0.3 is 5.69 Å². The van der Waals surface area contributed by atoms with Crippen LogP contribution in [0.3, 0.4) is 0 Å². The number of nitrogens with zero attached hydrogens (tertiary/aromatic N) is 2. The smallest absolute Gasteiger partial charge is 0.304 e. The summed E-state index contributed by atoms with van der Waals surface area (Å²) in [7, 11) is -3.86. The predicted molar refractivity (Wildman–Crippen MR) is 69.7 cm³/mol. The van der Waals surface area contributed by atoms with E-state index in [0.717, 1.165) is 25.0 Å². The number of halogens is 1. The van der Waals surface area contributed by atoms with Crippen LogP contribution in [0.4, 0.5) is 10.1 Å². The van der Waals surface area contributed by atoms with Gasteiger partial charge in [0.25, 0.3) is 0 Å². The Labute approximate surface area is 120 Å². The molecule has 2 fully saturated rings. The van der Waals surface area contributed by atoms with E-state index in [1.54, 1.807) is 0 Å². The molecule has 2 saturated heterocycles. The Balaban J connectivity index is 1.91. The second-order valence-corrected chi connectivity index (χ2v) is 7.09. The van der Waals surface area contributed by atoms with Gasteiger partial charge in [-0.05, 0) is 18.9 Å². The van der Waals surface area contributed by atoms with Gasteiger partial charge in [0, 0.05) is 25.2 Å². The van der Waals surface area contributed by atoms with Crippen LogP contribution in [0.15, 0.2) is 23.1 Å². The molecular weight excluding hydrogens is 303 g/mol. The fourth-order valence-corrected chi connectivity index (χ4v) is 4.23. The van der Waals surface area contributed by atoms with Gasteiger partial charge in [-0.15, -0.1) is 0 Å². The standard InChI is InChI=1S/C12H13FN2O5S/c13-11-5-10(3-4-12(11)15(16)17)21(18,19)14-6-8-1-2-9(7-14)20-8/h3-5,8-9H,1-2,6-7H2. The minimum absolute atomic E-state index is 0.124. The van der Waals surface area contributed by atoms with E-state index in [2.05, 4.69) is 0 Å². The number of nitro benzene ring substituents is 1. The Morgan fingerprint density at radius 1 is 1.29 bits per heavy atom. The summed E-state index contributed by atoms with van der Waals surface area (Å²) in [5.74, 6) is -1.16. The summed E-state index contributed by atoms with van der Waals surface area (Å²) in [6.07, 6.45) is 1.37. The maximum atomic E-state index is 13.6. The van der Waals surface area contributed by atoms with E-state index in [1.165, 1.54) is 4.31 Å². The minimum Gasteiger partial charge on any atom is -0.372 e. The average Bonchev–Trinajstić information content (AvgIpc) is 2.76. The summed E-state index contributed by atoms with van der Waals surface area (Å²) in [5, 5.41) is 10.6. The monoisotopic (exact) mass is 316 g/mol. The number of benzene rings is 1. The third-order valence-electron chi connectivity index (χ3n) is 3.76. The third-order valence-corrected chi connectivity index (χ3v) is 5.59. The Morgan fingerprint density at radius 3 is 2.43 bits per heavy atom. The maximum Gasteiger partial charge on any atom is 0.304 e. The van der Waals surface area contributed by atoms with Crippen molar-refractivity contribution in [1.29, 1.82) is 0 Å². The van der Waals surface area contributed by atoms with Gasteiger partial charge in [-0.3, -0.25) is 10.1 Å². The number of hydrogen-bond donors (Lipinski definition) is 0. The Bertz CT molecular complexity index is 681. The summed E-state index contributed by atoms with van der Waals surface area (Å²) in [6.45, 7) is 0.467. The van der Waals surface area contributed by atoms with Crippen LogP contribution < -0.4 is 0 Å². The molecule has 114 valence electrons. The van der Waals surface area contributed by atoms with Crippen molar-refractivity contribution in [2.24, 2.45) is 0 Å². The molecule has 7 nitrogen and oxygen atoms in total. The number of hydrogen-bond acceptors (Lipinski definition) is 5. The third kappa shape index (κ3) is 2.52. The lowest BCUT2D eigenvalue weighted by atomic mass is 10.2. The van der Waals surface area contributed by atoms with Crippen molar-refractivity contribution >= 4 is 15.7 Å². The van der Waals surface area contributed by atoms with Gasteiger partial charge in [-0.25, -0.2) is 8.42 Å². The number of nitro groups is 1. The highest BCUT2D eigenvalue weighted by Crippen LogP contribution is 2.30. The first-order chi connectivity index (χ1) is 9.88. The second-order valence-electron chi connectivity index (χ2n) is 5.15. The van der Waals surface area contributed by atoms with Gasteiger partial charge in [0.05, 0.1) is 22.0 Å². The fraction of sp³-hybridized carbons (Fsp3) is 0.500. The number of rotatable bonds is 3. The highest BCUT2D eigenvalue weighted by molar-refractivity contribution is 7.89. The summed E-state index contributed by atoms with van der Waals surface area (Å²) >= 11 is 0. The highest BCUT2D eigenvalue weighted by Gasteiger charge is 2.39. The molecule has 9 heteroatoms. The van der Waals surface area contributed by atoms with E-state index in [9.17, 15) is 22.9 Å². The fourth-order valence-electron chi connectivity index (χ4n) is 2.72. The molecule has 1 aromatic carbocycles. The molecule has 2 heterocycles. The Morgan fingerprint density at radius 2 is 1.90 bits per heavy atom. The van der Waals surface area contributed by atoms with Crippen LogP contribution in [0.1, 0.15) is 12.8 Å². The van der Waals surface area contributed by atoms with Crippen LogP contribution in [0, 0.1) is 15.9 Å². The molecule has 0 saturated carbocycles. The molecule has 0 amide bonds. The molecule has 2 aliphatic heterocycles. The molecule has 2 unspecified atom stereocenters. The van der Waals surface area contributed by atoms with Crippen LogP contribution in [-0.4, -0.2) is 42.9 Å². The van der Waals surface area contributed by atoms with Crippen LogP contribution in [0.5, 0.6) is 0 Å². The number of ether oxygens (including phenoxy) is 1. The summed E-state index contributed by atoms with van der Waals surface area (Å²) < 4.78 is 45.4. The van der Waals surface area contributed by atoms with Crippen molar-refractivity contribution in [3.8, 4) is 0 Å². The maximum absolute atomic E-state index is 13.6. The van der Waals surface area contributed by atoms with Crippen molar-refractivity contribution in [2.45, 2.75) is 29.9 Å². The lowest BCUT2D eigenvalue weighted by Crippen LogP contribution is -2.45. The van der Waals surface area contributed by atoms with E-state index in [0.29, 0.717) is 6.07 Å². The van der Waals surface area contributed by atoms with E-state index >= 15 is 0 Å². The van der Waals surface area contributed by atoms with Crippen molar-refractivity contribution < 1.29 is 22.5 Å². The lowest BCUT2D eigenvalue weighted by Gasteiger charge is -2.31. The van der Waals surface area contributed by atoms with Crippen LogP contribution in [-0.2, 0) is 14.8 Å². The van der Waals surface area contributed by atoms with Gasteiger partial charge in [0.15, 0.2) is 0 Å². The quantitative estimate of drug-likeness (QED) is 0.619. The molecule has 1 aromatic rings. The first-order valence-corrected chi connectivity index (χ1v) is 7.91. The zero-order valence-electron chi connectivity index (χ0n) is 10.9. The number of fused-ring (bicyclic) bond motifs is 2. The average molecular weight is 316 g/mol. The van der Waals surface area contributed by atoms with Crippen molar-refractivity contribution in [2.75, 3.05) is 13.1 Å². The lowest BCUT2D eigenvalue weighted by molar-refractivity contribution is -0.387. The summed E-state index contributed by atoms with van der Waals surface area (Å²) in [6, 6.07) is 2.63. The molecule has 2 bridgehead atoms. The van der Waals surface area contributed by atoms with Crippen LogP contribution >= 0.6 is 0 Å². The second kappa shape index (κ2) is 5.00. The topological polar surface area (TPSA) is 89.8 Å². The summed E-state index contributed by atoms with van der Waals surface area (Å²) in [4.78, 5) is 9.41. The zero-order chi connectivity index (χ0) is 15.2. The van der Waals surface area contributed by atoms with Crippen molar-refractivity contribution in [1.82, 2.24) is 4.31 Å². The van der Waals surface area contributed by atoms with Crippen molar-refractivity contribution in [3.05, 3.63) is 34.1 Å². The number of morpholine rings is 1. The Hall–Kier alpha value is -1.58. The minimum atomic E-state index is -3.86. The van der Waals surface area contributed by atoms with Crippen LogP contribution in [0.25, 0.3) is 0 Å². The highest BCUT2D eigenvalue weighted by atomic mass is 32.2. The van der Waals surface area contributed by atoms with Crippen LogP contribution in [0.2, 0.25) is 0 Å². The largest absolute Gasteiger partial charge is 0.372 e. The molecule has 0 aromatic heterocycles. The predicted octanol–water partition coefficient (Wildman–Crippen LogP) is 1.29. The molecule has 2 atom stereocenters. The molecule has 0 spiro atoms. The molecular formula is C12H13FN2O5S. The first kappa shape index (κ1) is 14.4. The van der Waals surface area contributed by atoms with Gasteiger partial charge in [0.1, 0.15) is 0 Å². The zero-order valence-corrected chi connectivity index (χ0v) is 11.8. The molecule has 2 aliphatic rings. The van der Waals surface area contributed by atoms with Gasteiger partial charge in [-0.1, -0.05) is 0 Å². The van der Waals surface area contributed by atoms with E-state index in [-0.39, 0.29) is 30.2 Å². The molecule has 3 rings (SSSR count). The van der Waals surface area contributed by atoms with Crippen molar-refractivity contribution in [3.63, 3.8) is 0 Å². The molecule has 0 N–H and O–H groups in total. The number of sulfonamides is 1. The van der Waals surface area contributed by atoms with Gasteiger partial charge in [0.2, 0.25) is 15.8 Å². The van der Waals surface area contributed by atoms with Gasteiger partial charge in [-0.2, -0.15) is 8.70 Å². The summed E-state index contributed by atoms with van der Waals surface area (Å²) in [5.41, 5.74) is -0.740. The SMILES string of the molecule is O=[N+]([O-])c1ccc(S(=O)(=O)N2CC3CCC(C2)O3)cc1F. The molecule has 21 heavy (non-hydrogen) atoms. The van der Waals surface area contributed by atoms with E-state index in [1.807, 2.05) is 0 Å². The first-order valence-electron chi connectivity index (χ1n) is 6.47. The van der Waals surface area contributed by atoms with E-state index < -0.39 is 26.5 Å². The Kier molecular flexibility index (Phi) is 3.42.